The molecule has 6 nitrogen and oxygen atoms in total. The average molecular weight is 265 g/mol. The summed E-state index contributed by atoms with van der Waals surface area (Å²) in [5.41, 5.74) is 11.6. The molecule has 19 heavy (non-hydrogen) atoms. The molecule has 0 aliphatic heterocycles. The predicted molar refractivity (Wildman–Crippen MR) is 73.7 cm³/mol. The summed E-state index contributed by atoms with van der Waals surface area (Å²) >= 11 is 0. The number of nitrogens with one attached hydrogen (secondary N) is 1. The summed E-state index contributed by atoms with van der Waals surface area (Å²) in [6.45, 7) is 3.77. The molecular formula is C13H19N3O3. The predicted octanol–water partition coefficient (Wildman–Crippen LogP) is 0.979. The Morgan fingerprint density at radius 3 is 2.53 bits per heavy atom. The first kappa shape index (κ1) is 14.8. The molecule has 0 saturated carbocycles. The van der Waals surface area contributed by atoms with Crippen LogP contribution in [0.1, 0.15) is 24.2 Å². The van der Waals surface area contributed by atoms with Gasteiger partial charge in [-0.1, -0.05) is 6.07 Å². The average Bonchev–Trinajstić information content (AvgIpc) is 2.36. The smallest absolute Gasteiger partial charge is 0.340 e. The van der Waals surface area contributed by atoms with Crippen LogP contribution in [-0.4, -0.2) is 25.5 Å². The molecule has 1 amide bonds. The van der Waals surface area contributed by atoms with Crippen LogP contribution >= 0.6 is 0 Å². The van der Waals surface area contributed by atoms with Crippen molar-refractivity contribution in [3.05, 3.63) is 23.8 Å². The summed E-state index contributed by atoms with van der Waals surface area (Å²) in [6, 6.07) is 4.98. The standard InChI is InChI=1S/C13H19N3O3/c1-13(2,12(15)18)7-16-9-6-4-5-8(10(9)14)11(17)19-3/h4-6,16H,7,14H2,1-3H3,(H2,15,18). The molecular weight excluding hydrogens is 246 g/mol. The van der Waals surface area contributed by atoms with Gasteiger partial charge in [0.2, 0.25) is 5.91 Å². The maximum atomic E-state index is 11.5. The Morgan fingerprint density at radius 2 is 2.00 bits per heavy atom. The Morgan fingerprint density at radius 1 is 1.37 bits per heavy atom. The van der Waals surface area contributed by atoms with Gasteiger partial charge in [-0.2, -0.15) is 0 Å². The van der Waals surface area contributed by atoms with E-state index in [9.17, 15) is 9.59 Å². The van der Waals surface area contributed by atoms with Gasteiger partial charge in [-0.25, -0.2) is 4.79 Å². The molecule has 0 atom stereocenters. The summed E-state index contributed by atoms with van der Waals surface area (Å²) < 4.78 is 4.63. The fraction of sp³-hybridized carbons (Fsp3) is 0.385. The number of benzene rings is 1. The van der Waals surface area contributed by atoms with Gasteiger partial charge in [0, 0.05) is 6.54 Å². The van der Waals surface area contributed by atoms with E-state index in [1.165, 1.54) is 7.11 Å². The van der Waals surface area contributed by atoms with Crippen LogP contribution < -0.4 is 16.8 Å². The number of hydrogen-bond acceptors (Lipinski definition) is 5. The zero-order chi connectivity index (χ0) is 14.6. The van der Waals surface area contributed by atoms with Crippen LogP contribution in [0.15, 0.2) is 18.2 Å². The van der Waals surface area contributed by atoms with Crippen LogP contribution in [0.3, 0.4) is 0 Å². The van der Waals surface area contributed by atoms with Crippen molar-refractivity contribution < 1.29 is 14.3 Å². The van der Waals surface area contributed by atoms with Gasteiger partial charge >= 0.3 is 5.97 Å². The summed E-state index contributed by atoms with van der Waals surface area (Å²) in [5, 5.41) is 3.02. The number of ether oxygens (including phenoxy) is 1. The van der Waals surface area contributed by atoms with Gasteiger partial charge in [-0.05, 0) is 26.0 Å². The molecule has 0 saturated heterocycles. The molecule has 104 valence electrons. The number of esters is 1. The van der Waals surface area contributed by atoms with Crippen LogP contribution in [0.4, 0.5) is 11.4 Å². The minimum Gasteiger partial charge on any atom is -0.465 e. The summed E-state index contributed by atoms with van der Waals surface area (Å²) in [6.07, 6.45) is 0. The highest BCUT2D eigenvalue weighted by atomic mass is 16.5. The molecule has 0 spiro atoms. The van der Waals surface area contributed by atoms with E-state index in [-0.39, 0.29) is 11.3 Å². The van der Waals surface area contributed by atoms with Gasteiger partial charge in [0.05, 0.1) is 29.5 Å². The first-order valence-corrected chi connectivity index (χ1v) is 5.80. The van der Waals surface area contributed by atoms with E-state index in [0.717, 1.165) is 0 Å². The van der Waals surface area contributed by atoms with Crippen molar-refractivity contribution in [1.29, 1.82) is 0 Å². The van der Waals surface area contributed by atoms with E-state index in [2.05, 4.69) is 10.1 Å². The van der Waals surface area contributed by atoms with Crippen LogP contribution in [0.25, 0.3) is 0 Å². The number of primary amides is 1. The van der Waals surface area contributed by atoms with Gasteiger partial charge in [0.1, 0.15) is 0 Å². The van der Waals surface area contributed by atoms with Crippen LogP contribution in [-0.2, 0) is 9.53 Å². The number of para-hydroxylation sites is 1. The molecule has 6 heteroatoms. The first-order valence-electron chi connectivity index (χ1n) is 5.80. The lowest BCUT2D eigenvalue weighted by molar-refractivity contribution is -0.125. The molecule has 0 heterocycles. The third-order valence-electron chi connectivity index (χ3n) is 2.90. The molecule has 5 N–H and O–H groups in total. The Hall–Kier alpha value is -2.24. The molecule has 0 aromatic heterocycles. The van der Waals surface area contributed by atoms with Crippen LogP contribution in [0.2, 0.25) is 0 Å². The molecule has 0 unspecified atom stereocenters. The number of anilines is 2. The minimum absolute atomic E-state index is 0.282. The van der Waals surface area contributed by atoms with Crippen molar-refractivity contribution in [3.63, 3.8) is 0 Å². The van der Waals surface area contributed by atoms with Crippen molar-refractivity contribution in [1.82, 2.24) is 0 Å². The fourth-order valence-electron chi connectivity index (χ4n) is 1.41. The summed E-state index contributed by atoms with van der Waals surface area (Å²) in [5.74, 6) is -0.919. The number of carbonyl (C=O) groups is 2. The summed E-state index contributed by atoms with van der Waals surface area (Å²) in [7, 11) is 1.29. The lowest BCUT2D eigenvalue weighted by atomic mass is 9.92. The Balaban J connectivity index is 2.92. The lowest BCUT2D eigenvalue weighted by Gasteiger charge is -2.22. The maximum absolute atomic E-state index is 11.5. The second-order valence-corrected chi connectivity index (χ2v) is 4.86. The largest absolute Gasteiger partial charge is 0.465 e. The number of rotatable bonds is 5. The summed E-state index contributed by atoms with van der Waals surface area (Å²) in [4.78, 5) is 22.7. The van der Waals surface area contributed by atoms with Crippen molar-refractivity contribution in [2.45, 2.75) is 13.8 Å². The number of carbonyl (C=O) groups excluding carboxylic acids is 2. The van der Waals surface area contributed by atoms with Gasteiger partial charge in [0.25, 0.3) is 0 Å². The van der Waals surface area contributed by atoms with E-state index < -0.39 is 17.3 Å². The SMILES string of the molecule is COC(=O)c1cccc(NCC(C)(C)C(N)=O)c1N. The maximum Gasteiger partial charge on any atom is 0.340 e. The van der Waals surface area contributed by atoms with Crippen molar-refractivity contribution in [2.75, 3.05) is 24.7 Å². The highest BCUT2D eigenvalue weighted by Crippen LogP contribution is 2.25. The van der Waals surface area contributed by atoms with E-state index in [1.807, 2.05) is 0 Å². The van der Waals surface area contributed by atoms with Crippen LogP contribution in [0, 0.1) is 5.41 Å². The van der Waals surface area contributed by atoms with Crippen molar-refractivity contribution in [2.24, 2.45) is 11.1 Å². The highest BCUT2D eigenvalue weighted by molar-refractivity contribution is 5.98. The van der Waals surface area contributed by atoms with Gasteiger partial charge < -0.3 is 21.5 Å². The van der Waals surface area contributed by atoms with Gasteiger partial charge in [-0.15, -0.1) is 0 Å². The number of nitrogens with two attached hydrogens (primary N) is 2. The molecule has 1 aromatic carbocycles. The van der Waals surface area contributed by atoms with Gasteiger partial charge in [-0.3, -0.25) is 4.79 Å². The Bertz CT molecular complexity index is 498. The molecule has 0 fully saturated rings. The fourth-order valence-corrected chi connectivity index (χ4v) is 1.41. The second-order valence-electron chi connectivity index (χ2n) is 4.86. The molecule has 0 bridgehead atoms. The highest BCUT2D eigenvalue weighted by Gasteiger charge is 2.25. The Kier molecular flexibility index (Phi) is 4.37. The zero-order valence-electron chi connectivity index (χ0n) is 11.3. The lowest BCUT2D eigenvalue weighted by Crippen LogP contribution is -2.37. The first-order chi connectivity index (χ1) is 8.79. The number of hydrogen-bond donors (Lipinski definition) is 3. The number of amides is 1. The third kappa shape index (κ3) is 3.37. The van der Waals surface area contributed by atoms with E-state index in [0.29, 0.717) is 12.2 Å². The van der Waals surface area contributed by atoms with E-state index in [1.54, 1.807) is 32.0 Å². The quantitative estimate of drug-likeness (QED) is 0.543. The molecule has 0 aliphatic rings. The normalized spacial score (nSPS) is 10.9. The molecule has 1 rings (SSSR count). The number of nitrogen functional groups attached to an aromatic ring is 1. The topological polar surface area (TPSA) is 107 Å². The van der Waals surface area contributed by atoms with E-state index in [4.69, 9.17) is 11.5 Å². The Labute approximate surface area is 112 Å². The van der Waals surface area contributed by atoms with Crippen LogP contribution in [0.5, 0.6) is 0 Å². The van der Waals surface area contributed by atoms with Gasteiger partial charge in [0.15, 0.2) is 0 Å². The van der Waals surface area contributed by atoms with Crippen molar-refractivity contribution >= 4 is 23.3 Å². The monoisotopic (exact) mass is 265 g/mol. The molecule has 0 aliphatic carbocycles. The molecule has 0 radical (unpaired) electrons. The number of methoxy groups -OCH3 is 1. The zero-order valence-corrected chi connectivity index (χ0v) is 11.3. The van der Waals surface area contributed by atoms with Crippen molar-refractivity contribution in [3.8, 4) is 0 Å². The third-order valence-corrected chi connectivity index (χ3v) is 2.90. The molecule has 1 aromatic rings. The van der Waals surface area contributed by atoms with E-state index >= 15 is 0 Å². The minimum atomic E-state index is -0.715. The second kappa shape index (κ2) is 5.60.